The maximum absolute atomic E-state index is 12.6. The van der Waals surface area contributed by atoms with Crippen LogP contribution < -0.4 is 14.9 Å². The van der Waals surface area contributed by atoms with Crippen LogP contribution in [-0.4, -0.2) is 51.5 Å². The number of rotatable bonds is 9. The predicted molar refractivity (Wildman–Crippen MR) is 139 cm³/mol. The fraction of sp³-hybridized carbons (Fsp3) is 0.154. The summed E-state index contributed by atoms with van der Waals surface area (Å²) < 4.78 is 12.3. The van der Waals surface area contributed by atoms with Gasteiger partial charge in [0.05, 0.1) is 25.7 Å². The monoisotopic (exact) mass is 503 g/mol. The van der Waals surface area contributed by atoms with Crippen molar-refractivity contribution in [2.45, 2.75) is 12.1 Å². The molecule has 0 bridgehead atoms. The van der Waals surface area contributed by atoms with E-state index in [-0.39, 0.29) is 17.4 Å². The number of benzene rings is 3. The molecule has 0 saturated carbocycles. The molecule has 4 rings (SSSR count). The highest BCUT2D eigenvalue weighted by atomic mass is 32.2. The number of ether oxygens (including phenoxy) is 2. The van der Waals surface area contributed by atoms with Gasteiger partial charge in [-0.25, -0.2) is 5.43 Å². The lowest BCUT2D eigenvalue weighted by Crippen LogP contribution is -2.21. The van der Waals surface area contributed by atoms with Crippen molar-refractivity contribution in [1.82, 2.24) is 20.2 Å². The Balaban J connectivity index is 1.51. The molecule has 0 radical (unpaired) electrons. The second-order valence-corrected chi connectivity index (χ2v) is 8.56. The SMILES string of the molecule is COc1ccc(-n2c(SCC(=O)N/N=C(/C)c3ccc(O)c(OC)c3)nnc2-c2ccccc2)cc1. The Morgan fingerprint density at radius 2 is 1.78 bits per heavy atom. The van der Waals surface area contributed by atoms with Crippen LogP contribution in [-0.2, 0) is 4.79 Å². The van der Waals surface area contributed by atoms with Crippen LogP contribution in [0, 0.1) is 0 Å². The van der Waals surface area contributed by atoms with Gasteiger partial charge < -0.3 is 14.6 Å². The minimum atomic E-state index is -0.296. The molecule has 2 N–H and O–H groups in total. The van der Waals surface area contributed by atoms with E-state index < -0.39 is 0 Å². The molecule has 9 nitrogen and oxygen atoms in total. The fourth-order valence-electron chi connectivity index (χ4n) is 3.38. The van der Waals surface area contributed by atoms with E-state index in [1.165, 1.54) is 24.9 Å². The van der Waals surface area contributed by atoms with Crippen molar-refractivity contribution in [2.75, 3.05) is 20.0 Å². The first-order chi connectivity index (χ1) is 17.5. The van der Waals surface area contributed by atoms with Gasteiger partial charge >= 0.3 is 0 Å². The Morgan fingerprint density at radius 1 is 1.03 bits per heavy atom. The van der Waals surface area contributed by atoms with Crippen LogP contribution in [0.1, 0.15) is 12.5 Å². The summed E-state index contributed by atoms with van der Waals surface area (Å²) in [6.07, 6.45) is 0. The van der Waals surface area contributed by atoms with E-state index in [1.807, 2.05) is 59.2 Å². The molecule has 1 aromatic heterocycles. The predicted octanol–water partition coefficient (Wildman–Crippen LogP) is 4.29. The summed E-state index contributed by atoms with van der Waals surface area (Å²) in [5, 5.41) is 23.2. The van der Waals surface area contributed by atoms with Gasteiger partial charge in [-0.2, -0.15) is 5.10 Å². The molecule has 0 aliphatic heterocycles. The van der Waals surface area contributed by atoms with E-state index in [9.17, 15) is 9.90 Å². The number of nitrogens with zero attached hydrogens (tertiary/aromatic N) is 4. The minimum Gasteiger partial charge on any atom is -0.504 e. The summed E-state index contributed by atoms with van der Waals surface area (Å²) in [6.45, 7) is 1.76. The minimum absolute atomic E-state index is 0.0327. The van der Waals surface area contributed by atoms with Gasteiger partial charge in [0.25, 0.3) is 5.91 Å². The zero-order valence-corrected chi connectivity index (χ0v) is 20.8. The maximum atomic E-state index is 12.6. The average Bonchev–Trinajstić information content (AvgIpc) is 3.35. The Kier molecular flexibility index (Phi) is 7.86. The summed E-state index contributed by atoms with van der Waals surface area (Å²) in [7, 11) is 3.09. The largest absolute Gasteiger partial charge is 0.504 e. The molecule has 0 fully saturated rings. The van der Waals surface area contributed by atoms with Crippen molar-refractivity contribution in [3.63, 3.8) is 0 Å². The third-order valence-corrected chi connectivity index (χ3v) is 6.20. The fourth-order valence-corrected chi connectivity index (χ4v) is 4.12. The van der Waals surface area contributed by atoms with Crippen LogP contribution in [0.5, 0.6) is 17.2 Å². The first-order valence-corrected chi connectivity index (χ1v) is 12.0. The third-order valence-electron chi connectivity index (χ3n) is 5.27. The molecule has 36 heavy (non-hydrogen) atoms. The summed E-state index contributed by atoms with van der Waals surface area (Å²) in [5.41, 5.74) is 5.60. The molecule has 0 atom stereocenters. The van der Waals surface area contributed by atoms with Gasteiger partial charge in [-0.15, -0.1) is 10.2 Å². The number of aromatic hydroxyl groups is 1. The normalized spacial score (nSPS) is 11.2. The van der Waals surface area contributed by atoms with Crippen molar-refractivity contribution < 1.29 is 19.4 Å². The molecule has 10 heteroatoms. The first kappa shape index (κ1) is 24.8. The lowest BCUT2D eigenvalue weighted by molar-refractivity contribution is -0.118. The number of methoxy groups -OCH3 is 2. The van der Waals surface area contributed by atoms with Crippen LogP contribution >= 0.6 is 11.8 Å². The molecule has 0 saturated heterocycles. The molecule has 0 unspecified atom stereocenters. The van der Waals surface area contributed by atoms with E-state index in [4.69, 9.17) is 9.47 Å². The number of phenolic OH excluding ortho intramolecular Hbond substituents is 1. The number of hydrogen-bond donors (Lipinski definition) is 2. The zero-order chi connectivity index (χ0) is 25.5. The zero-order valence-electron chi connectivity index (χ0n) is 20.0. The summed E-state index contributed by atoms with van der Waals surface area (Å²) in [4.78, 5) is 12.6. The molecule has 1 heterocycles. The van der Waals surface area contributed by atoms with Crippen LogP contribution in [0.3, 0.4) is 0 Å². The van der Waals surface area contributed by atoms with Gasteiger partial charge in [0, 0.05) is 16.8 Å². The van der Waals surface area contributed by atoms with E-state index >= 15 is 0 Å². The molecule has 0 aliphatic carbocycles. The van der Waals surface area contributed by atoms with Crippen molar-refractivity contribution in [2.24, 2.45) is 5.10 Å². The molecule has 184 valence electrons. The number of hydrazone groups is 1. The third kappa shape index (κ3) is 5.66. The number of phenols is 1. The summed E-state index contributed by atoms with van der Waals surface area (Å²) in [5.74, 6) is 1.55. The second kappa shape index (κ2) is 11.4. The number of nitrogens with one attached hydrogen (secondary N) is 1. The molecule has 4 aromatic rings. The standard InChI is InChI=1S/C26H25N5O4S/c1-17(19-9-14-22(32)23(15-19)35-3)27-28-24(33)16-36-26-30-29-25(18-7-5-4-6-8-18)31(26)20-10-12-21(34-2)13-11-20/h4-15,32H,16H2,1-3H3,(H,28,33)/b27-17-. The Morgan fingerprint density at radius 3 is 2.47 bits per heavy atom. The molecule has 0 aliphatic rings. The molecular formula is C26H25N5O4S. The first-order valence-electron chi connectivity index (χ1n) is 11.0. The Labute approximate surface area is 212 Å². The van der Waals surface area contributed by atoms with Crippen molar-refractivity contribution in [3.8, 4) is 34.3 Å². The van der Waals surface area contributed by atoms with Crippen molar-refractivity contribution in [1.29, 1.82) is 0 Å². The van der Waals surface area contributed by atoms with E-state index in [2.05, 4.69) is 20.7 Å². The second-order valence-electron chi connectivity index (χ2n) is 7.61. The lowest BCUT2D eigenvalue weighted by atomic mass is 10.1. The number of thioether (sulfide) groups is 1. The topological polar surface area (TPSA) is 111 Å². The Bertz CT molecular complexity index is 1370. The van der Waals surface area contributed by atoms with Crippen molar-refractivity contribution >= 4 is 23.4 Å². The van der Waals surface area contributed by atoms with Crippen molar-refractivity contribution in [3.05, 3.63) is 78.4 Å². The van der Waals surface area contributed by atoms with E-state index in [1.54, 1.807) is 26.2 Å². The van der Waals surface area contributed by atoms with Crippen LogP contribution in [0.25, 0.3) is 17.1 Å². The van der Waals surface area contributed by atoms with Gasteiger partial charge in [0.15, 0.2) is 22.5 Å². The van der Waals surface area contributed by atoms with Crippen LogP contribution in [0.15, 0.2) is 83.1 Å². The van der Waals surface area contributed by atoms with Gasteiger partial charge in [-0.3, -0.25) is 9.36 Å². The van der Waals surface area contributed by atoms with Gasteiger partial charge in [0.1, 0.15) is 5.75 Å². The average molecular weight is 504 g/mol. The number of amides is 1. The van der Waals surface area contributed by atoms with E-state index in [0.29, 0.717) is 28.0 Å². The van der Waals surface area contributed by atoms with Gasteiger partial charge in [-0.1, -0.05) is 42.1 Å². The number of hydrogen-bond acceptors (Lipinski definition) is 8. The van der Waals surface area contributed by atoms with Gasteiger partial charge in [0.2, 0.25) is 0 Å². The lowest BCUT2D eigenvalue weighted by Gasteiger charge is -2.11. The summed E-state index contributed by atoms with van der Waals surface area (Å²) in [6, 6.07) is 22.1. The highest BCUT2D eigenvalue weighted by Crippen LogP contribution is 2.29. The molecule has 0 spiro atoms. The van der Waals surface area contributed by atoms with Gasteiger partial charge in [-0.05, 0) is 49.4 Å². The highest BCUT2D eigenvalue weighted by molar-refractivity contribution is 7.99. The maximum Gasteiger partial charge on any atom is 0.250 e. The van der Waals surface area contributed by atoms with E-state index in [0.717, 1.165) is 17.0 Å². The highest BCUT2D eigenvalue weighted by Gasteiger charge is 2.17. The Hall–Kier alpha value is -4.31. The molecule has 3 aromatic carbocycles. The number of carbonyl (C=O) groups excluding carboxylic acids is 1. The number of carbonyl (C=O) groups is 1. The van der Waals surface area contributed by atoms with Crippen LogP contribution in [0.4, 0.5) is 0 Å². The molecule has 1 amide bonds. The summed E-state index contributed by atoms with van der Waals surface area (Å²) >= 11 is 1.25. The van der Waals surface area contributed by atoms with Crippen LogP contribution in [0.2, 0.25) is 0 Å². The smallest absolute Gasteiger partial charge is 0.250 e. The number of aromatic nitrogens is 3. The molecular weight excluding hydrogens is 478 g/mol. The quantitative estimate of drug-likeness (QED) is 0.199.